The Morgan fingerprint density at radius 3 is 2.33 bits per heavy atom. The van der Waals surface area contributed by atoms with Crippen LogP contribution in [0.15, 0.2) is 36.4 Å². The third-order valence-corrected chi connectivity index (χ3v) is 3.24. The third-order valence-electron chi connectivity index (χ3n) is 3.24. The maximum absolute atomic E-state index is 12.2. The molecule has 0 amide bonds. The van der Waals surface area contributed by atoms with Crippen molar-refractivity contribution in [2.75, 3.05) is 7.11 Å². The minimum atomic E-state index is -4.16. The van der Waals surface area contributed by atoms with Crippen molar-refractivity contribution in [3.05, 3.63) is 42.0 Å². The van der Waals surface area contributed by atoms with Gasteiger partial charge < -0.3 is 10.5 Å². The molecule has 2 aromatic carbocycles. The number of alkyl halides is 3. The molecule has 0 unspecified atom stereocenters. The van der Waals surface area contributed by atoms with Crippen LogP contribution in [0, 0.1) is 0 Å². The number of nitrogens with two attached hydrogens (primary N) is 1. The summed E-state index contributed by atoms with van der Waals surface area (Å²) in [4.78, 5) is 0. The topological polar surface area (TPSA) is 35.2 Å². The molecule has 0 saturated carbocycles. The summed E-state index contributed by atoms with van der Waals surface area (Å²) >= 11 is 0. The summed E-state index contributed by atoms with van der Waals surface area (Å²) in [5.41, 5.74) is 6.54. The first-order valence-corrected chi connectivity index (χ1v) is 6.29. The van der Waals surface area contributed by atoms with E-state index in [0.717, 1.165) is 16.5 Å². The molecule has 0 saturated heterocycles. The summed E-state index contributed by atoms with van der Waals surface area (Å²) in [6, 6.07) is 10.4. The van der Waals surface area contributed by atoms with Gasteiger partial charge in [-0.05, 0) is 41.0 Å². The Kier molecular flexibility index (Phi) is 5.87. The maximum atomic E-state index is 12.2. The van der Waals surface area contributed by atoms with Crippen molar-refractivity contribution >= 4 is 23.2 Å². The van der Waals surface area contributed by atoms with Gasteiger partial charge in [0.1, 0.15) is 5.75 Å². The predicted molar refractivity (Wildman–Crippen MR) is 80.0 cm³/mol. The van der Waals surface area contributed by atoms with Crippen molar-refractivity contribution in [2.24, 2.45) is 5.73 Å². The number of halogens is 4. The average molecular weight is 320 g/mol. The molecule has 0 aliphatic rings. The van der Waals surface area contributed by atoms with Gasteiger partial charge in [-0.25, -0.2) is 0 Å². The van der Waals surface area contributed by atoms with E-state index < -0.39 is 18.6 Å². The normalized spacial score (nSPS) is 12.8. The zero-order valence-corrected chi connectivity index (χ0v) is 12.3. The van der Waals surface area contributed by atoms with E-state index in [1.807, 2.05) is 30.3 Å². The van der Waals surface area contributed by atoms with Crippen LogP contribution in [0.3, 0.4) is 0 Å². The molecule has 116 valence electrons. The first kappa shape index (κ1) is 17.6. The van der Waals surface area contributed by atoms with Crippen LogP contribution in [0.25, 0.3) is 10.8 Å². The highest BCUT2D eigenvalue weighted by Gasteiger charge is 2.27. The molecule has 1 atom stereocenters. The van der Waals surface area contributed by atoms with Crippen molar-refractivity contribution in [1.29, 1.82) is 0 Å². The van der Waals surface area contributed by atoms with E-state index in [1.165, 1.54) is 0 Å². The van der Waals surface area contributed by atoms with Gasteiger partial charge in [0.2, 0.25) is 0 Å². The summed E-state index contributed by atoms with van der Waals surface area (Å²) in [5, 5.41) is 1.90. The summed E-state index contributed by atoms with van der Waals surface area (Å²) in [7, 11) is 1.59. The monoisotopic (exact) mass is 319 g/mol. The molecular formula is C15H17ClF3NO. The van der Waals surface area contributed by atoms with E-state index in [0.29, 0.717) is 5.56 Å². The Morgan fingerprint density at radius 1 is 1.10 bits per heavy atom. The fraction of sp³-hybridized carbons (Fsp3) is 0.333. The van der Waals surface area contributed by atoms with Crippen molar-refractivity contribution in [1.82, 2.24) is 0 Å². The van der Waals surface area contributed by atoms with E-state index >= 15 is 0 Å². The van der Waals surface area contributed by atoms with Gasteiger partial charge in [-0.15, -0.1) is 12.4 Å². The second-order valence-electron chi connectivity index (χ2n) is 4.73. The minimum Gasteiger partial charge on any atom is -0.497 e. The van der Waals surface area contributed by atoms with Gasteiger partial charge in [-0.3, -0.25) is 0 Å². The molecule has 0 radical (unpaired) electrons. The molecule has 21 heavy (non-hydrogen) atoms. The second kappa shape index (κ2) is 7.00. The largest absolute Gasteiger partial charge is 0.497 e. The molecule has 2 nitrogen and oxygen atoms in total. The number of fused-ring (bicyclic) bond motifs is 1. The van der Waals surface area contributed by atoms with Crippen LogP contribution < -0.4 is 10.5 Å². The van der Waals surface area contributed by atoms with Crippen LogP contribution in [0.2, 0.25) is 0 Å². The van der Waals surface area contributed by atoms with Gasteiger partial charge >= 0.3 is 6.18 Å². The summed E-state index contributed by atoms with van der Waals surface area (Å²) in [6.45, 7) is 0. The molecule has 6 heteroatoms. The first-order chi connectivity index (χ1) is 9.39. The average Bonchev–Trinajstić information content (AvgIpc) is 2.42. The lowest BCUT2D eigenvalue weighted by Gasteiger charge is -2.14. The highest BCUT2D eigenvalue weighted by Crippen LogP contribution is 2.28. The van der Waals surface area contributed by atoms with Crippen LogP contribution in [-0.4, -0.2) is 13.3 Å². The lowest BCUT2D eigenvalue weighted by molar-refractivity contribution is -0.136. The van der Waals surface area contributed by atoms with Crippen molar-refractivity contribution in [2.45, 2.75) is 25.1 Å². The lowest BCUT2D eigenvalue weighted by atomic mass is 9.99. The predicted octanol–water partition coefficient (Wildman–Crippen LogP) is 4.61. The van der Waals surface area contributed by atoms with Gasteiger partial charge in [-0.2, -0.15) is 13.2 Å². The molecule has 2 N–H and O–H groups in total. The smallest absolute Gasteiger partial charge is 0.389 e. The number of methoxy groups -OCH3 is 1. The molecule has 0 aliphatic heterocycles. The van der Waals surface area contributed by atoms with Crippen LogP contribution in [0.1, 0.15) is 24.4 Å². The zero-order valence-electron chi connectivity index (χ0n) is 11.5. The quantitative estimate of drug-likeness (QED) is 0.893. The SMILES string of the molecule is COc1ccc2cc([C@H](N)CCC(F)(F)F)ccc2c1.Cl. The fourth-order valence-electron chi connectivity index (χ4n) is 2.09. The van der Waals surface area contributed by atoms with Gasteiger partial charge in [0.25, 0.3) is 0 Å². The molecule has 2 rings (SSSR count). The fourth-order valence-corrected chi connectivity index (χ4v) is 2.09. The summed E-state index contributed by atoms with van der Waals surface area (Å²) in [5.74, 6) is 0.742. The first-order valence-electron chi connectivity index (χ1n) is 6.29. The van der Waals surface area contributed by atoms with Crippen molar-refractivity contribution in [3.63, 3.8) is 0 Å². The minimum absolute atomic E-state index is 0. The van der Waals surface area contributed by atoms with Crippen LogP contribution in [0.5, 0.6) is 5.75 Å². The number of ether oxygens (including phenoxy) is 1. The number of hydrogen-bond acceptors (Lipinski definition) is 2. The van der Waals surface area contributed by atoms with Crippen LogP contribution >= 0.6 is 12.4 Å². The van der Waals surface area contributed by atoms with E-state index in [4.69, 9.17) is 10.5 Å². The van der Waals surface area contributed by atoms with Crippen molar-refractivity contribution in [3.8, 4) is 5.75 Å². The number of rotatable bonds is 4. The molecule has 0 spiro atoms. The number of benzene rings is 2. The van der Waals surface area contributed by atoms with Gasteiger partial charge in [0.05, 0.1) is 7.11 Å². The molecule has 0 bridgehead atoms. The van der Waals surface area contributed by atoms with E-state index in [9.17, 15) is 13.2 Å². The Hall–Kier alpha value is -1.46. The highest BCUT2D eigenvalue weighted by molar-refractivity contribution is 5.85. The van der Waals surface area contributed by atoms with Crippen LogP contribution in [0.4, 0.5) is 13.2 Å². The van der Waals surface area contributed by atoms with Crippen LogP contribution in [-0.2, 0) is 0 Å². The Labute approximate surface area is 127 Å². The van der Waals surface area contributed by atoms with Gasteiger partial charge in [0, 0.05) is 12.5 Å². The van der Waals surface area contributed by atoms with E-state index in [-0.39, 0.29) is 18.8 Å². The molecule has 0 aliphatic carbocycles. The summed E-state index contributed by atoms with van der Waals surface area (Å²) in [6.07, 6.45) is -5.14. The zero-order chi connectivity index (χ0) is 14.8. The molecular weight excluding hydrogens is 303 g/mol. The van der Waals surface area contributed by atoms with E-state index in [2.05, 4.69) is 0 Å². The van der Waals surface area contributed by atoms with Crippen molar-refractivity contribution < 1.29 is 17.9 Å². The maximum Gasteiger partial charge on any atom is 0.389 e. The Bertz CT molecular complexity index is 601. The van der Waals surface area contributed by atoms with Gasteiger partial charge in [0.15, 0.2) is 0 Å². The van der Waals surface area contributed by atoms with Gasteiger partial charge in [-0.1, -0.05) is 18.2 Å². The molecule has 0 aromatic heterocycles. The molecule has 0 fully saturated rings. The van der Waals surface area contributed by atoms with E-state index in [1.54, 1.807) is 13.2 Å². The number of hydrogen-bond donors (Lipinski definition) is 1. The molecule has 0 heterocycles. The lowest BCUT2D eigenvalue weighted by Crippen LogP contribution is -2.15. The third kappa shape index (κ3) is 4.79. The molecule has 2 aromatic rings. The highest BCUT2D eigenvalue weighted by atomic mass is 35.5. The second-order valence-corrected chi connectivity index (χ2v) is 4.73. The summed E-state index contributed by atoms with van der Waals surface area (Å²) < 4.78 is 41.7. The Morgan fingerprint density at radius 2 is 1.71 bits per heavy atom. The standard InChI is InChI=1S/C15H16F3NO.ClH/c1-20-13-5-4-10-8-12(3-2-11(10)9-13)14(19)6-7-15(16,17)18;/h2-5,8-9,14H,6-7,19H2,1H3;1H/t14-;/m1./s1. The Balaban J connectivity index is 0.00000220.